The maximum absolute atomic E-state index is 11.4. The van der Waals surface area contributed by atoms with Gasteiger partial charge in [0.15, 0.2) is 5.78 Å². The number of hydrogen-bond acceptors (Lipinski definition) is 4. The highest BCUT2D eigenvalue weighted by atomic mass is 16.1. The van der Waals surface area contributed by atoms with Gasteiger partial charge in [-0.2, -0.15) is 10.5 Å². The molecule has 80 valence electrons. The first-order chi connectivity index (χ1) is 7.45. The summed E-state index contributed by atoms with van der Waals surface area (Å²) in [4.78, 5) is 11.4. The Labute approximate surface area is 93.9 Å². The Morgan fingerprint density at radius 1 is 1.12 bits per heavy atom. The molecule has 0 spiro atoms. The molecule has 4 heteroatoms. The first kappa shape index (κ1) is 11.7. The summed E-state index contributed by atoms with van der Waals surface area (Å²) in [7, 11) is 0. The van der Waals surface area contributed by atoms with E-state index in [9.17, 15) is 4.79 Å². The zero-order chi connectivity index (χ0) is 12.5. The van der Waals surface area contributed by atoms with Crippen molar-refractivity contribution in [2.75, 3.05) is 5.73 Å². The standard InChI is InChI=1S/C12H11N3O/c1-6-9(4-13)7(2)11(8(3)16)12(15)10(6)5-14/h15H2,1-3H3. The molecule has 0 amide bonds. The molecule has 4 nitrogen and oxygen atoms in total. The molecule has 0 aliphatic carbocycles. The Hall–Kier alpha value is -2.33. The molecule has 0 saturated heterocycles. The number of anilines is 1. The maximum Gasteiger partial charge on any atom is 0.162 e. The number of nitrogens with zero attached hydrogens (tertiary/aromatic N) is 2. The number of ketones is 1. The summed E-state index contributed by atoms with van der Waals surface area (Å²) >= 11 is 0. The van der Waals surface area contributed by atoms with E-state index in [1.807, 2.05) is 12.1 Å². The van der Waals surface area contributed by atoms with Crippen LogP contribution in [0.2, 0.25) is 0 Å². The van der Waals surface area contributed by atoms with E-state index in [0.29, 0.717) is 16.7 Å². The molecule has 0 heterocycles. The molecule has 0 aliphatic heterocycles. The third kappa shape index (κ3) is 1.51. The van der Waals surface area contributed by atoms with E-state index in [1.54, 1.807) is 13.8 Å². The minimum absolute atomic E-state index is 0.170. The second-order valence-corrected chi connectivity index (χ2v) is 3.57. The van der Waals surface area contributed by atoms with Crippen molar-refractivity contribution in [1.82, 2.24) is 0 Å². The topological polar surface area (TPSA) is 90.7 Å². The summed E-state index contributed by atoms with van der Waals surface area (Å²) in [5.74, 6) is -0.233. The highest BCUT2D eigenvalue weighted by molar-refractivity contribution is 6.02. The summed E-state index contributed by atoms with van der Waals surface area (Å²) in [5, 5.41) is 18.0. The highest BCUT2D eigenvalue weighted by Gasteiger charge is 2.19. The molecule has 0 fully saturated rings. The van der Waals surface area contributed by atoms with Gasteiger partial charge < -0.3 is 5.73 Å². The van der Waals surface area contributed by atoms with Crippen LogP contribution in [0.25, 0.3) is 0 Å². The zero-order valence-corrected chi connectivity index (χ0v) is 9.38. The molecule has 0 aromatic heterocycles. The third-order valence-corrected chi connectivity index (χ3v) is 2.61. The van der Waals surface area contributed by atoms with Gasteiger partial charge in [0.25, 0.3) is 0 Å². The van der Waals surface area contributed by atoms with Gasteiger partial charge in [0.1, 0.15) is 6.07 Å². The highest BCUT2D eigenvalue weighted by Crippen LogP contribution is 2.28. The van der Waals surface area contributed by atoms with E-state index in [0.717, 1.165) is 0 Å². The molecule has 1 aromatic carbocycles. The second kappa shape index (κ2) is 4.04. The smallest absolute Gasteiger partial charge is 0.162 e. The van der Waals surface area contributed by atoms with Gasteiger partial charge in [-0.3, -0.25) is 4.79 Å². The Morgan fingerprint density at radius 2 is 1.62 bits per heavy atom. The second-order valence-electron chi connectivity index (χ2n) is 3.57. The van der Waals surface area contributed by atoms with Crippen LogP contribution >= 0.6 is 0 Å². The Morgan fingerprint density at radius 3 is 2.00 bits per heavy atom. The van der Waals surface area contributed by atoms with E-state index < -0.39 is 0 Å². The van der Waals surface area contributed by atoms with Crippen molar-refractivity contribution < 1.29 is 4.79 Å². The first-order valence-electron chi connectivity index (χ1n) is 4.69. The molecular formula is C12H11N3O. The van der Waals surface area contributed by atoms with Crippen molar-refractivity contribution in [3.63, 3.8) is 0 Å². The summed E-state index contributed by atoms with van der Waals surface area (Å²) in [6.07, 6.45) is 0. The Bertz CT molecular complexity index is 518. The van der Waals surface area contributed by atoms with Crippen LogP contribution in [0.4, 0.5) is 5.69 Å². The number of carbonyl (C=O) groups is 1. The van der Waals surface area contributed by atoms with Crippen LogP contribution in [0.3, 0.4) is 0 Å². The molecule has 0 atom stereocenters. The van der Waals surface area contributed by atoms with E-state index in [2.05, 4.69) is 0 Å². The molecule has 0 radical (unpaired) electrons. The fourth-order valence-corrected chi connectivity index (χ4v) is 1.83. The monoisotopic (exact) mass is 213 g/mol. The van der Waals surface area contributed by atoms with Gasteiger partial charge in [-0.05, 0) is 31.9 Å². The number of rotatable bonds is 1. The molecule has 0 bridgehead atoms. The molecule has 1 aromatic rings. The normalized spacial score (nSPS) is 9.31. The number of nitriles is 2. The van der Waals surface area contributed by atoms with Crippen LogP contribution in [0.15, 0.2) is 0 Å². The van der Waals surface area contributed by atoms with Gasteiger partial charge in [-0.1, -0.05) is 0 Å². The molecule has 0 unspecified atom stereocenters. The average molecular weight is 213 g/mol. The van der Waals surface area contributed by atoms with Crippen molar-refractivity contribution >= 4 is 11.5 Å². The van der Waals surface area contributed by atoms with Gasteiger partial charge in [0.2, 0.25) is 0 Å². The van der Waals surface area contributed by atoms with Crippen molar-refractivity contribution in [3.05, 3.63) is 27.8 Å². The SMILES string of the molecule is CC(=O)c1c(C)c(C#N)c(C)c(C#N)c1N. The Balaban J connectivity index is 3.88. The fourth-order valence-electron chi connectivity index (χ4n) is 1.83. The van der Waals surface area contributed by atoms with Crippen LogP contribution in [0.1, 0.15) is 39.5 Å². The summed E-state index contributed by atoms with van der Waals surface area (Å²) in [6.45, 7) is 4.69. The summed E-state index contributed by atoms with van der Waals surface area (Å²) in [5.41, 5.74) is 7.86. The van der Waals surface area contributed by atoms with Crippen molar-refractivity contribution in [2.24, 2.45) is 0 Å². The van der Waals surface area contributed by atoms with E-state index >= 15 is 0 Å². The lowest BCUT2D eigenvalue weighted by Gasteiger charge is -2.13. The van der Waals surface area contributed by atoms with E-state index in [1.165, 1.54) is 6.92 Å². The number of benzene rings is 1. The summed E-state index contributed by atoms with van der Waals surface area (Å²) < 4.78 is 0. The molecule has 0 aliphatic rings. The number of carbonyl (C=O) groups excluding carboxylic acids is 1. The van der Waals surface area contributed by atoms with Crippen LogP contribution in [-0.4, -0.2) is 5.78 Å². The lowest BCUT2D eigenvalue weighted by atomic mass is 9.90. The Kier molecular flexibility index (Phi) is 2.96. The maximum atomic E-state index is 11.4. The number of nitrogen functional groups attached to an aromatic ring is 1. The predicted octanol–water partition coefficient (Wildman–Crippen LogP) is 1.83. The lowest BCUT2D eigenvalue weighted by molar-refractivity contribution is 0.101. The lowest BCUT2D eigenvalue weighted by Crippen LogP contribution is -2.09. The van der Waals surface area contributed by atoms with Crippen LogP contribution in [0, 0.1) is 36.5 Å². The van der Waals surface area contributed by atoms with Gasteiger partial charge in [-0.15, -0.1) is 0 Å². The molecule has 2 N–H and O–H groups in total. The van der Waals surface area contributed by atoms with Gasteiger partial charge >= 0.3 is 0 Å². The third-order valence-electron chi connectivity index (χ3n) is 2.61. The van der Waals surface area contributed by atoms with Gasteiger partial charge in [-0.25, -0.2) is 0 Å². The van der Waals surface area contributed by atoms with E-state index in [-0.39, 0.29) is 22.6 Å². The van der Waals surface area contributed by atoms with Gasteiger partial charge in [0, 0.05) is 5.56 Å². The van der Waals surface area contributed by atoms with E-state index in [4.69, 9.17) is 16.3 Å². The molecular weight excluding hydrogens is 202 g/mol. The van der Waals surface area contributed by atoms with Crippen LogP contribution in [0.5, 0.6) is 0 Å². The molecule has 1 rings (SSSR count). The van der Waals surface area contributed by atoms with Crippen LogP contribution in [-0.2, 0) is 0 Å². The minimum atomic E-state index is -0.233. The fraction of sp³-hybridized carbons (Fsp3) is 0.250. The largest absolute Gasteiger partial charge is 0.397 e. The zero-order valence-electron chi connectivity index (χ0n) is 9.38. The van der Waals surface area contributed by atoms with Crippen molar-refractivity contribution in [3.8, 4) is 12.1 Å². The predicted molar refractivity (Wildman–Crippen MR) is 59.8 cm³/mol. The van der Waals surface area contributed by atoms with Crippen molar-refractivity contribution in [1.29, 1.82) is 10.5 Å². The number of Topliss-reactive ketones (excluding diaryl/α,β-unsaturated/α-hetero) is 1. The van der Waals surface area contributed by atoms with Crippen molar-refractivity contribution in [2.45, 2.75) is 20.8 Å². The minimum Gasteiger partial charge on any atom is -0.397 e. The molecule has 16 heavy (non-hydrogen) atoms. The number of hydrogen-bond donors (Lipinski definition) is 1. The molecule has 0 saturated carbocycles. The quantitative estimate of drug-likeness (QED) is 0.569. The van der Waals surface area contributed by atoms with Gasteiger partial charge in [0.05, 0.1) is 22.9 Å². The number of nitrogens with two attached hydrogens (primary N) is 1. The first-order valence-corrected chi connectivity index (χ1v) is 4.69. The average Bonchev–Trinajstić information content (AvgIpc) is 2.18. The van der Waals surface area contributed by atoms with Crippen LogP contribution < -0.4 is 5.73 Å². The summed E-state index contributed by atoms with van der Waals surface area (Å²) in [6, 6.07) is 3.93.